The van der Waals surface area contributed by atoms with E-state index < -0.39 is 12.0 Å². The van der Waals surface area contributed by atoms with Crippen LogP contribution >= 0.6 is 0 Å². The molecule has 1 heterocycles. The van der Waals surface area contributed by atoms with Gasteiger partial charge in [-0.05, 0) is 19.8 Å². The molecule has 0 unspecified atom stereocenters. The number of hydrogen-bond donors (Lipinski definition) is 1. The lowest BCUT2D eigenvalue weighted by Gasteiger charge is -2.11. The molecular weight excluding hydrogens is 259 g/mol. The van der Waals surface area contributed by atoms with Crippen LogP contribution < -0.4 is 10.1 Å². The molecule has 0 aliphatic rings. The van der Waals surface area contributed by atoms with Gasteiger partial charge in [0, 0.05) is 12.6 Å². The Labute approximate surface area is 109 Å². The van der Waals surface area contributed by atoms with Gasteiger partial charge in [-0.15, -0.1) is 6.58 Å². The van der Waals surface area contributed by atoms with Gasteiger partial charge in [0.15, 0.2) is 0 Å². The summed E-state index contributed by atoms with van der Waals surface area (Å²) in [5.74, 6) is -1.18. The number of anilines is 1. The first-order valence-corrected chi connectivity index (χ1v) is 5.91. The molecule has 0 aromatic carbocycles. The summed E-state index contributed by atoms with van der Waals surface area (Å²) in [7, 11) is 0. The summed E-state index contributed by atoms with van der Waals surface area (Å²) in [6.45, 7) is 6.06. The number of rotatable bonds is 7. The molecule has 0 aliphatic carbocycles. The standard InChI is InChI=1S/C12H16F3N3O/c1-3-5-6-7-19-10-8-9(16-4-2)17-11(18-10)12(13,14)15/h3,8H,1,4-7H2,2H3,(H,16,17,18). The number of aromatic nitrogens is 2. The van der Waals surface area contributed by atoms with Crippen molar-refractivity contribution in [3.8, 4) is 5.88 Å². The van der Waals surface area contributed by atoms with Gasteiger partial charge in [0.1, 0.15) is 5.82 Å². The van der Waals surface area contributed by atoms with Crippen LogP contribution in [0.3, 0.4) is 0 Å². The van der Waals surface area contributed by atoms with Crippen LogP contribution in [0.5, 0.6) is 5.88 Å². The van der Waals surface area contributed by atoms with E-state index in [1.54, 1.807) is 13.0 Å². The molecule has 0 bridgehead atoms. The van der Waals surface area contributed by atoms with Crippen molar-refractivity contribution in [3.63, 3.8) is 0 Å². The van der Waals surface area contributed by atoms with Gasteiger partial charge in [0.2, 0.25) is 11.7 Å². The molecule has 19 heavy (non-hydrogen) atoms. The molecule has 1 N–H and O–H groups in total. The first-order valence-electron chi connectivity index (χ1n) is 5.91. The summed E-state index contributed by atoms with van der Waals surface area (Å²) < 4.78 is 43.0. The lowest BCUT2D eigenvalue weighted by molar-refractivity contribution is -0.145. The molecule has 0 radical (unpaired) electrons. The van der Waals surface area contributed by atoms with Crippen LogP contribution in [0.25, 0.3) is 0 Å². The summed E-state index contributed by atoms with van der Waals surface area (Å²) >= 11 is 0. The Bertz CT molecular complexity index is 421. The van der Waals surface area contributed by atoms with E-state index in [9.17, 15) is 13.2 Å². The van der Waals surface area contributed by atoms with Crippen LogP contribution in [-0.4, -0.2) is 23.1 Å². The van der Waals surface area contributed by atoms with Crippen molar-refractivity contribution in [2.24, 2.45) is 0 Å². The highest BCUT2D eigenvalue weighted by atomic mass is 19.4. The maximum atomic E-state index is 12.6. The Kier molecular flexibility index (Phi) is 5.59. The third-order valence-electron chi connectivity index (χ3n) is 2.12. The van der Waals surface area contributed by atoms with Gasteiger partial charge in [-0.3, -0.25) is 0 Å². The van der Waals surface area contributed by atoms with Gasteiger partial charge >= 0.3 is 6.18 Å². The van der Waals surface area contributed by atoms with Crippen molar-refractivity contribution in [2.75, 3.05) is 18.5 Å². The molecule has 7 heteroatoms. The highest BCUT2D eigenvalue weighted by molar-refractivity contribution is 5.38. The monoisotopic (exact) mass is 275 g/mol. The predicted molar refractivity (Wildman–Crippen MR) is 66.1 cm³/mol. The number of unbranched alkanes of at least 4 members (excludes halogenated alkanes) is 1. The molecule has 0 saturated carbocycles. The largest absolute Gasteiger partial charge is 0.478 e. The van der Waals surface area contributed by atoms with Crippen LogP contribution in [-0.2, 0) is 6.18 Å². The number of ether oxygens (including phenoxy) is 1. The van der Waals surface area contributed by atoms with Gasteiger partial charge in [-0.2, -0.15) is 18.2 Å². The van der Waals surface area contributed by atoms with Crippen molar-refractivity contribution < 1.29 is 17.9 Å². The molecular formula is C12H16F3N3O. The maximum absolute atomic E-state index is 12.6. The number of nitrogens with zero attached hydrogens (tertiary/aromatic N) is 2. The van der Waals surface area contributed by atoms with Crippen LogP contribution in [0.2, 0.25) is 0 Å². The molecule has 1 aromatic rings. The number of hydrogen-bond acceptors (Lipinski definition) is 4. The molecule has 0 aliphatic heterocycles. The maximum Gasteiger partial charge on any atom is 0.451 e. The normalized spacial score (nSPS) is 11.2. The lowest BCUT2D eigenvalue weighted by atomic mass is 10.3. The van der Waals surface area contributed by atoms with Crippen molar-refractivity contribution in [3.05, 3.63) is 24.5 Å². The zero-order valence-electron chi connectivity index (χ0n) is 10.6. The summed E-state index contributed by atoms with van der Waals surface area (Å²) in [5, 5.41) is 2.71. The third-order valence-corrected chi connectivity index (χ3v) is 2.12. The first-order chi connectivity index (χ1) is 8.97. The summed E-state index contributed by atoms with van der Waals surface area (Å²) in [4.78, 5) is 6.76. The molecule has 0 amide bonds. The Morgan fingerprint density at radius 2 is 2.16 bits per heavy atom. The topological polar surface area (TPSA) is 47.0 Å². The second-order valence-corrected chi connectivity index (χ2v) is 3.72. The number of halogens is 3. The van der Waals surface area contributed by atoms with E-state index in [0.717, 1.165) is 6.42 Å². The smallest absolute Gasteiger partial charge is 0.451 e. The van der Waals surface area contributed by atoms with Gasteiger partial charge in [-0.1, -0.05) is 6.08 Å². The third kappa shape index (κ3) is 5.15. The number of alkyl halides is 3. The molecule has 1 aromatic heterocycles. The van der Waals surface area contributed by atoms with Crippen LogP contribution in [0.4, 0.5) is 19.0 Å². The first kappa shape index (κ1) is 15.3. The Morgan fingerprint density at radius 3 is 2.74 bits per heavy atom. The lowest BCUT2D eigenvalue weighted by Crippen LogP contribution is -2.14. The van der Waals surface area contributed by atoms with E-state index in [0.29, 0.717) is 13.0 Å². The fourth-order valence-corrected chi connectivity index (χ4v) is 1.30. The zero-order valence-corrected chi connectivity index (χ0v) is 10.6. The van der Waals surface area contributed by atoms with Gasteiger partial charge in [-0.25, -0.2) is 4.98 Å². The average molecular weight is 275 g/mol. The highest BCUT2D eigenvalue weighted by Crippen LogP contribution is 2.28. The Hall–Kier alpha value is -1.79. The molecule has 0 atom stereocenters. The Morgan fingerprint density at radius 1 is 1.42 bits per heavy atom. The van der Waals surface area contributed by atoms with E-state index in [1.807, 2.05) is 0 Å². The summed E-state index contributed by atoms with van der Waals surface area (Å²) in [5.41, 5.74) is 0. The molecule has 1 rings (SSSR count). The van der Waals surface area contributed by atoms with Crippen molar-refractivity contribution in [1.82, 2.24) is 9.97 Å². The molecule has 0 spiro atoms. The van der Waals surface area contributed by atoms with Crippen LogP contribution in [0.1, 0.15) is 25.6 Å². The summed E-state index contributed by atoms with van der Waals surface area (Å²) in [6.07, 6.45) is -1.47. The van der Waals surface area contributed by atoms with E-state index in [1.165, 1.54) is 6.07 Å². The highest BCUT2D eigenvalue weighted by Gasteiger charge is 2.35. The fraction of sp³-hybridized carbons (Fsp3) is 0.500. The van der Waals surface area contributed by atoms with Gasteiger partial charge < -0.3 is 10.1 Å². The average Bonchev–Trinajstić information content (AvgIpc) is 2.34. The quantitative estimate of drug-likeness (QED) is 0.613. The molecule has 0 saturated heterocycles. The second kappa shape index (κ2) is 6.96. The van der Waals surface area contributed by atoms with Crippen LogP contribution in [0.15, 0.2) is 18.7 Å². The van der Waals surface area contributed by atoms with E-state index in [-0.39, 0.29) is 18.3 Å². The van der Waals surface area contributed by atoms with Crippen molar-refractivity contribution in [1.29, 1.82) is 0 Å². The minimum atomic E-state index is -4.59. The van der Waals surface area contributed by atoms with Crippen molar-refractivity contribution in [2.45, 2.75) is 25.9 Å². The SMILES string of the molecule is C=CCCCOc1cc(NCC)nc(C(F)(F)F)n1. The van der Waals surface area contributed by atoms with E-state index >= 15 is 0 Å². The fourth-order valence-electron chi connectivity index (χ4n) is 1.30. The van der Waals surface area contributed by atoms with E-state index in [4.69, 9.17) is 4.74 Å². The second-order valence-electron chi connectivity index (χ2n) is 3.72. The van der Waals surface area contributed by atoms with Gasteiger partial charge in [0.25, 0.3) is 0 Å². The minimum Gasteiger partial charge on any atom is -0.478 e. The van der Waals surface area contributed by atoms with Crippen molar-refractivity contribution >= 4 is 5.82 Å². The summed E-state index contributed by atoms with van der Waals surface area (Å²) in [6, 6.07) is 1.35. The predicted octanol–water partition coefficient (Wildman–Crippen LogP) is 3.27. The van der Waals surface area contributed by atoms with Gasteiger partial charge in [0.05, 0.1) is 6.61 Å². The molecule has 4 nitrogen and oxygen atoms in total. The van der Waals surface area contributed by atoms with E-state index in [2.05, 4.69) is 21.9 Å². The number of nitrogens with one attached hydrogen (secondary N) is 1. The minimum absolute atomic E-state index is 0.0812. The van der Waals surface area contributed by atoms with Crippen LogP contribution in [0, 0.1) is 0 Å². The molecule has 106 valence electrons. The molecule has 0 fully saturated rings. The number of allylic oxidation sites excluding steroid dienone is 1. The Balaban J connectivity index is 2.83. The zero-order chi connectivity index (χ0) is 14.3.